The fourth-order valence-electron chi connectivity index (χ4n) is 5.52. The highest BCUT2D eigenvalue weighted by Crippen LogP contribution is 2.45. The van der Waals surface area contributed by atoms with Crippen LogP contribution in [0.5, 0.6) is 0 Å². The molecule has 3 nitrogen and oxygen atoms in total. The van der Waals surface area contributed by atoms with Gasteiger partial charge in [0.1, 0.15) is 0 Å². The van der Waals surface area contributed by atoms with Gasteiger partial charge < -0.3 is 4.98 Å². The summed E-state index contributed by atoms with van der Waals surface area (Å²) in [6.07, 6.45) is 11.4. The molecular weight excluding hydrogens is 424 g/mol. The summed E-state index contributed by atoms with van der Waals surface area (Å²) in [6.45, 7) is 2.26. The standard InChI is InChI=1S/C29H32N2OS/c1-20(21-12-3-2-4-13-21)11-9-10-18-33-29-30-27-24-17-8-7-16-23(24)19-25(22-14-5-6-15-22)26(27)28(32)31-29/h2-4,7-10,12-13,16-17,20,22,25H,5-6,11,14-15,18-19H2,1H3,(H,30,31,32)/b10-9+/t20-,25+/m0/s1. The first-order valence-corrected chi connectivity index (χ1v) is 13.2. The van der Waals surface area contributed by atoms with Crippen molar-refractivity contribution in [1.82, 2.24) is 9.97 Å². The Kier molecular flexibility index (Phi) is 6.82. The third-order valence-corrected chi connectivity index (χ3v) is 8.15. The minimum Gasteiger partial charge on any atom is -0.301 e. The number of nitrogens with one attached hydrogen (secondary N) is 1. The van der Waals surface area contributed by atoms with Crippen LogP contribution >= 0.6 is 11.8 Å². The number of rotatable bonds is 7. The van der Waals surface area contributed by atoms with Gasteiger partial charge >= 0.3 is 0 Å². The number of nitrogens with zero attached hydrogens (tertiary/aromatic N) is 1. The Morgan fingerprint density at radius 3 is 2.64 bits per heavy atom. The van der Waals surface area contributed by atoms with Crippen LogP contribution in [0.4, 0.5) is 0 Å². The quantitative estimate of drug-likeness (QED) is 0.234. The third kappa shape index (κ3) is 4.86. The van der Waals surface area contributed by atoms with Crippen LogP contribution in [0.3, 0.4) is 0 Å². The van der Waals surface area contributed by atoms with Gasteiger partial charge in [-0.2, -0.15) is 0 Å². The summed E-state index contributed by atoms with van der Waals surface area (Å²) in [5, 5.41) is 0.724. The summed E-state index contributed by atoms with van der Waals surface area (Å²) in [7, 11) is 0. The smallest absolute Gasteiger partial charge is 0.255 e. The highest BCUT2D eigenvalue weighted by atomic mass is 32.2. The van der Waals surface area contributed by atoms with Gasteiger partial charge in [-0.05, 0) is 54.6 Å². The predicted molar refractivity (Wildman–Crippen MR) is 138 cm³/mol. The van der Waals surface area contributed by atoms with Gasteiger partial charge in [0.25, 0.3) is 5.56 Å². The molecule has 2 aromatic carbocycles. The van der Waals surface area contributed by atoms with Crippen molar-refractivity contribution in [3.05, 3.63) is 93.8 Å². The Balaban J connectivity index is 1.32. The molecular formula is C29H32N2OS. The van der Waals surface area contributed by atoms with Crippen LogP contribution in [0.1, 0.15) is 67.6 Å². The van der Waals surface area contributed by atoms with Crippen molar-refractivity contribution in [2.24, 2.45) is 5.92 Å². The van der Waals surface area contributed by atoms with Gasteiger partial charge in [-0.25, -0.2) is 4.98 Å². The molecule has 5 rings (SSSR count). The zero-order chi connectivity index (χ0) is 22.6. The zero-order valence-corrected chi connectivity index (χ0v) is 20.1. The summed E-state index contributed by atoms with van der Waals surface area (Å²) in [4.78, 5) is 21.4. The van der Waals surface area contributed by atoms with Crippen LogP contribution in [0.25, 0.3) is 11.3 Å². The molecule has 0 unspecified atom stereocenters. The van der Waals surface area contributed by atoms with Crippen LogP contribution in [-0.2, 0) is 6.42 Å². The topological polar surface area (TPSA) is 45.8 Å². The minimum atomic E-state index is 0.0654. The van der Waals surface area contributed by atoms with Crippen molar-refractivity contribution in [3.63, 3.8) is 0 Å². The predicted octanol–water partition coefficient (Wildman–Crippen LogP) is 7.11. The molecule has 0 radical (unpaired) electrons. The number of thioether (sulfide) groups is 1. The molecule has 2 aliphatic carbocycles. The first kappa shape index (κ1) is 22.2. The second-order valence-corrected chi connectivity index (χ2v) is 10.5. The highest BCUT2D eigenvalue weighted by molar-refractivity contribution is 7.99. The van der Waals surface area contributed by atoms with E-state index >= 15 is 0 Å². The number of aromatic nitrogens is 2. The normalized spacial score (nSPS) is 18.9. The molecule has 0 bridgehead atoms. The Morgan fingerprint density at radius 2 is 1.82 bits per heavy atom. The van der Waals surface area contributed by atoms with Crippen LogP contribution in [0, 0.1) is 5.92 Å². The van der Waals surface area contributed by atoms with E-state index in [1.165, 1.54) is 36.8 Å². The van der Waals surface area contributed by atoms with Gasteiger partial charge in [-0.15, -0.1) is 0 Å². The zero-order valence-electron chi connectivity index (χ0n) is 19.3. The molecule has 1 aromatic heterocycles. The Bertz CT molecular complexity index is 1180. The SMILES string of the molecule is C[C@@H](C/C=C/CSc1nc2c(c(=O)[nH]1)[C@@H](C1CCCC1)Cc1ccccc1-2)c1ccccc1. The molecule has 1 saturated carbocycles. The van der Waals surface area contributed by atoms with Gasteiger partial charge in [0.2, 0.25) is 0 Å². The molecule has 4 heteroatoms. The van der Waals surface area contributed by atoms with E-state index in [2.05, 4.69) is 78.7 Å². The third-order valence-electron chi connectivity index (χ3n) is 7.33. The summed E-state index contributed by atoms with van der Waals surface area (Å²) in [5.41, 5.74) is 5.76. The number of aromatic amines is 1. The number of benzene rings is 2. The lowest BCUT2D eigenvalue weighted by molar-refractivity contribution is 0.424. The number of hydrogen-bond donors (Lipinski definition) is 1. The van der Waals surface area contributed by atoms with E-state index in [1.807, 2.05) is 0 Å². The molecule has 3 aromatic rings. The molecule has 1 heterocycles. The average molecular weight is 457 g/mol. The van der Waals surface area contributed by atoms with Crippen LogP contribution in [0.15, 0.2) is 76.7 Å². The van der Waals surface area contributed by atoms with Crippen molar-refractivity contribution < 1.29 is 0 Å². The van der Waals surface area contributed by atoms with E-state index < -0.39 is 0 Å². The second-order valence-electron chi connectivity index (χ2n) is 9.48. The number of fused-ring (bicyclic) bond motifs is 3. The van der Waals surface area contributed by atoms with E-state index in [0.29, 0.717) is 17.8 Å². The molecule has 2 atom stereocenters. The molecule has 0 saturated heterocycles. The summed E-state index contributed by atoms with van der Waals surface area (Å²) in [5.74, 6) is 2.20. The van der Waals surface area contributed by atoms with Gasteiger partial charge in [0.05, 0.1) is 5.69 Å². The van der Waals surface area contributed by atoms with Crippen molar-refractivity contribution in [2.45, 2.75) is 62.4 Å². The maximum absolute atomic E-state index is 13.3. The lowest BCUT2D eigenvalue weighted by atomic mass is 9.74. The van der Waals surface area contributed by atoms with Crippen molar-refractivity contribution in [3.8, 4) is 11.3 Å². The van der Waals surface area contributed by atoms with Gasteiger partial charge in [-0.1, -0.05) is 98.3 Å². The molecule has 33 heavy (non-hydrogen) atoms. The van der Waals surface area contributed by atoms with E-state index in [1.54, 1.807) is 11.8 Å². The Hall–Kier alpha value is -2.59. The molecule has 1 fully saturated rings. The van der Waals surface area contributed by atoms with Crippen molar-refractivity contribution in [2.75, 3.05) is 5.75 Å². The Labute approximate surface area is 200 Å². The highest BCUT2D eigenvalue weighted by Gasteiger charge is 2.35. The van der Waals surface area contributed by atoms with E-state index in [9.17, 15) is 4.79 Å². The first-order valence-electron chi connectivity index (χ1n) is 12.3. The van der Waals surface area contributed by atoms with Crippen molar-refractivity contribution >= 4 is 11.8 Å². The van der Waals surface area contributed by atoms with Crippen LogP contribution in [-0.4, -0.2) is 15.7 Å². The van der Waals surface area contributed by atoms with E-state index in [4.69, 9.17) is 4.98 Å². The molecule has 0 aliphatic heterocycles. The first-order chi connectivity index (χ1) is 16.2. The Morgan fingerprint density at radius 1 is 1.06 bits per heavy atom. The van der Waals surface area contributed by atoms with Crippen molar-refractivity contribution in [1.29, 1.82) is 0 Å². The molecule has 2 aliphatic rings. The van der Waals surface area contributed by atoms with Gasteiger partial charge in [-0.3, -0.25) is 4.79 Å². The molecule has 170 valence electrons. The number of allylic oxidation sites excluding steroid dienone is 1. The summed E-state index contributed by atoms with van der Waals surface area (Å²) >= 11 is 1.61. The largest absolute Gasteiger partial charge is 0.301 e. The van der Waals surface area contributed by atoms with E-state index in [0.717, 1.165) is 40.6 Å². The molecule has 0 spiro atoms. The summed E-state index contributed by atoms with van der Waals surface area (Å²) in [6, 6.07) is 19.1. The average Bonchev–Trinajstić information content (AvgIpc) is 3.39. The summed E-state index contributed by atoms with van der Waals surface area (Å²) < 4.78 is 0. The monoisotopic (exact) mass is 456 g/mol. The number of H-pyrrole nitrogens is 1. The maximum atomic E-state index is 13.3. The maximum Gasteiger partial charge on any atom is 0.255 e. The van der Waals surface area contributed by atoms with Crippen LogP contribution < -0.4 is 5.56 Å². The van der Waals surface area contributed by atoms with E-state index in [-0.39, 0.29) is 5.56 Å². The lowest BCUT2D eigenvalue weighted by Crippen LogP contribution is -2.28. The fourth-order valence-corrected chi connectivity index (χ4v) is 6.23. The van der Waals surface area contributed by atoms with Crippen LogP contribution in [0.2, 0.25) is 0 Å². The second kappa shape index (κ2) is 10.1. The minimum absolute atomic E-state index is 0.0654. The lowest BCUT2D eigenvalue weighted by Gasteiger charge is -2.30. The molecule has 0 amide bonds. The van der Waals surface area contributed by atoms with Gasteiger partial charge in [0.15, 0.2) is 5.16 Å². The molecule has 1 N–H and O–H groups in total. The fraction of sp³-hybridized carbons (Fsp3) is 0.379. The number of hydrogen-bond acceptors (Lipinski definition) is 3. The van der Waals surface area contributed by atoms with Gasteiger partial charge in [0, 0.05) is 16.9 Å².